The zero-order valence-corrected chi connectivity index (χ0v) is 15.1. The Morgan fingerprint density at radius 1 is 1.30 bits per heavy atom. The molecule has 1 aromatic rings. The lowest BCUT2D eigenvalue weighted by Gasteiger charge is -2.38. The molecule has 0 aromatic heterocycles. The Balaban J connectivity index is 1.85. The highest BCUT2D eigenvalue weighted by Crippen LogP contribution is 2.22. The summed E-state index contributed by atoms with van der Waals surface area (Å²) in [6, 6.07) is 8.00. The summed E-state index contributed by atoms with van der Waals surface area (Å²) in [7, 11) is 0. The van der Waals surface area contributed by atoms with Crippen LogP contribution in [0.3, 0.4) is 0 Å². The third-order valence-electron chi connectivity index (χ3n) is 4.08. The number of benzene rings is 1. The molecule has 0 bridgehead atoms. The van der Waals surface area contributed by atoms with Crippen LogP contribution in [0.25, 0.3) is 6.08 Å². The number of ether oxygens (including phenoxy) is 1. The fraction of sp³-hybridized carbons (Fsp3) is 0.444. The molecule has 1 aliphatic heterocycles. The largest absolute Gasteiger partial charge is 0.452 e. The summed E-state index contributed by atoms with van der Waals surface area (Å²) >= 11 is 3.37. The third-order valence-corrected chi connectivity index (χ3v) is 4.57. The zero-order valence-electron chi connectivity index (χ0n) is 13.5. The third kappa shape index (κ3) is 5.20. The maximum atomic E-state index is 12.3. The Bertz CT molecular complexity index is 590. The smallest absolute Gasteiger partial charge is 0.331 e. The van der Waals surface area contributed by atoms with Crippen molar-refractivity contribution in [3.8, 4) is 0 Å². The van der Waals surface area contributed by atoms with Crippen molar-refractivity contribution < 1.29 is 14.3 Å². The minimum Gasteiger partial charge on any atom is -0.452 e. The van der Waals surface area contributed by atoms with Crippen LogP contribution in [0.15, 0.2) is 34.8 Å². The van der Waals surface area contributed by atoms with Crippen molar-refractivity contribution in [2.75, 3.05) is 6.61 Å². The van der Waals surface area contributed by atoms with Gasteiger partial charge in [-0.1, -0.05) is 28.1 Å². The molecule has 0 radical (unpaired) electrons. The lowest BCUT2D eigenvalue weighted by molar-refractivity contribution is -0.151. The van der Waals surface area contributed by atoms with E-state index < -0.39 is 5.97 Å². The van der Waals surface area contributed by atoms with Crippen LogP contribution in [-0.4, -0.2) is 35.5 Å². The fourth-order valence-corrected chi connectivity index (χ4v) is 3.36. The molecule has 5 heteroatoms. The number of halogens is 1. The van der Waals surface area contributed by atoms with Crippen LogP contribution in [0.5, 0.6) is 0 Å². The summed E-state index contributed by atoms with van der Waals surface area (Å²) in [6.45, 7) is 3.89. The van der Waals surface area contributed by atoms with Gasteiger partial charge in [-0.2, -0.15) is 0 Å². The van der Waals surface area contributed by atoms with E-state index in [0.29, 0.717) is 0 Å². The standard InChI is InChI=1S/C18H22BrNO3/c1-13-5-3-6-14(2)20(13)17(21)12-23-18(22)10-9-15-7-4-8-16(19)11-15/h4,7-11,13-14H,3,5-6,12H2,1-2H3/b10-9+/t13-,14-/m0/s1. The van der Waals surface area contributed by atoms with Gasteiger partial charge in [0.15, 0.2) is 6.61 Å². The molecule has 1 saturated heterocycles. The van der Waals surface area contributed by atoms with Crippen molar-refractivity contribution in [1.82, 2.24) is 4.90 Å². The monoisotopic (exact) mass is 379 g/mol. The van der Waals surface area contributed by atoms with Crippen LogP contribution in [0.1, 0.15) is 38.7 Å². The van der Waals surface area contributed by atoms with E-state index in [1.807, 2.05) is 43.0 Å². The molecule has 124 valence electrons. The van der Waals surface area contributed by atoms with Crippen LogP contribution in [0.2, 0.25) is 0 Å². The second-order valence-corrected chi connectivity index (χ2v) is 6.84. The Hall–Kier alpha value is -1.62. The number of piperidine rings is 1. The summed E-state index contributed by atoms with van der Waals surface area (Å²) in [5, 5.41) is 0. The van der Waals surface area contributed by atoms with E-state index in [2.05, 4.69) is 15.9 Å². The summed E-state index contributed by atoms with van der Waals surface area (Å²) in [4.78, 5) is 25.9. The molecule has 0 aliphatic carbocycles. The molecule has 1 heterocycles. The maximum absolute atomic E-state index is 12.3. The van der Waals surface area contributed by atoms with E-state index in [1.54, 1.807) is 6.08 Å². The van der Waals surface area contributed by atoms with Crippen molar-refractivity contribution in [2.24, 2.45) is 0 Å². The first kappa shape index (κ1) is 17.7. The summed E-state index contributed by atoms with van der Waals surface area (Å²) in [6.07, 6.45) is 6.17. The van der Waals surface area contributed by atoms with E-state index in [1.165, 1.54) is 6.08 Å². The summed E-state index contributed by atoms with van der Waals surface area (Å²) < 4.78 is 6.02. The van der Waals surface area contributed by atoms with Gasteiger partial charge in [0.05, 0.1) is 0 Å². The topological polar surface area (TPSA) is 46.6 Å². The van der Waals surface area contributed by atoms with Crippen molar-refractivity contribution in [3.63, 3.8) is 0 Å². The minimum absolute atomic E-state index is 0.117. The van der Waals surface area contributed by atoms with E-state index in [4.69, 9.17) is 4.74 Å². The molecule has 0 N–H and O–H groups in total. The SMILES string of the molecule is C[C@H]1CCC[C@H](C)N1C(=O)COC(=O)/C=C/c1cccc(Br)c1. The van der Waals surface area contributed by atoms with E-state index in [9.17, 15) is 9.59 Å². The van der Waals surface area contributed by atoms with Crippen LogP contribution in [-0.2, 0) is 14.3 Å². The van der Waals surface area contributed by atoms with Crippen LogP contribution < -0.4 is 0 Å². The summed E-state index contributed by atoms with van der Waals surface area (Å²) in [5.74, 6) is -0.621. The van der Waals surface area contributed by atoms with Gasteiger partial charge in [-0.15, -0.1) is 0 Å². The molecule has 1 fully saturated rings. The van der Waals surface area contributed by atoms with Crippen molar-refractivity contribution in [2.45, 2.75) is 45.2 Å². The highest BCUT2D eigenvalue weighted by Gasteiger charge is 2.29. The van der Waals surface area contributed by atoms with Gasteiger partial charge in [-0.05, 0) is 56.9 Å². The molecular weight excluding hydrogens is 358 g/mol. The Morgan fingerprint density at radius 2 is 2.00 bits per heavy atom. The molecule has 0 spiro atoms. The van der Waals surface area contributed by atoms with Gasteiger partial charge < -0.3 is 9.64 Å². The number of nitrogens with zero attached hydrogens (tertiary/aromatic N) is 1. The number of amides is 1. The number of carbonyl (C=O) groups excluding carboxylic acids is 2. The molecule has 0 unspecified atom stereocenters. The van der Waals surface area contributed by atoms with E-state index in [-0.39, 0.29) is 24.6 Å². The van der Waals surface area contributed by atoms with E-state index >= 15 is 0 Å². The average molecular weight is 380 g/mol. The van der Waals surface area contributed by atoms with Gasteiger partial charge in [-0.25, -0.2) is 4.79 Å². The summed E-state index contributed by atoms with van der Waals surface area (Å²) in [5.41, 5.74) is 0.890. The van der Waals surface area contributed by atoms with Gasteiger partial charge in [0.1, 0.15) is 0 Å². The Morgan fingerprint density at radius 3 is 2.65 bits per heavy atom. The van der Waals surface area contributed by atoms with Gasteiger partial charge in [0, 0.05) is 22.6 Å². The highest BCUT2D eigenvalue weighted by atomic mass is 79.9. The predicted molar refractivity (Wildman–Crippen MR) is 93.8 cm³/mol. The molecule has 0 saturated carbocycles. The molecule has 2 atom stereocenters. The lowest BCUT2D eigenvalue weighted by Crippen LogP contribution is -2.49. The Kier molecular flexibility index (Phi) is 6.39. The average Bonchev–Trinajstić information content (AvgIpc) is 2.51. The molecule has 1 aromatic carbocycles. The number of esters is 1. The van der Waals surface area contributed by atoms with Crippen LogP contribution >= 0.6 is 15.9 Å². The minimum atomic E-state index is -0.504. The van der Waals surface area contributed by atoms with Gasteiger partial charge in [0.2, 0.25) is 0 Å². The highest BCUT2D eigenvalue weighted by molar-refractivity contribution is 9.10. The fourth-order valence-electron chi connectivity index (χ4n) is 2.94. The van der Waals surface area contributed by atoms with Gasteiger partial charge >= 0.3 is 5.97 Å². The quantitative estimate of drug-likeness (QED) is 0.590. The number of hydrogen-bond donors (Lipinski definition) is 0. The first-order valence-electron chi connectivity index (χ1n) is 7.89. The second-order valence-electron chi connectivity index (χ2n) is 5.93. The molecule has 2 rings (SSSR count). The first-order valence-corrected chi connectivity index (χ1v) is 8.68. The number of likely N-dealkylation sites (tertiary alicyclic amines) is 1. The van der Waals surface area contributed by atoms with Crippen LogP contribution in [0.4, 0.5) is 0 Å². The normalized spacial score (nSPS) is 21.4. The molecule has 23 heavy (non-hydrogen) atoms. The maximum Gasteiger partial charge on any atom is 0.331 e. The first-order chi connectivity index (χ1) is 11.0. The van der Waals surface area contributed by atoms with Gasteiger partial charge in [-0.3, -0.25) is 4.79 Å². The lowest BCUT2D eigenvalue weighted by atomic mass is 9.97. The molecular formula is C18H22BrNO3. The van der Waals surface area contributed by atoms with Crippen molar-refractivity contribution in [1.29, 1.82) is 0 Å². The molecule has 1 aliphatic rings. The molecule has 4 nitrogen and oxygen atoms in total. The van der Waals surface area contributed by atoms with Crippen molar-refractivity contribution in [3.05, 3.63) is 40.4 Å². The Labute approximate surface area is 145 Å². The zero-order chi connectivity index (χ0) is 16.8. The second kappa shape index (κ2) is 8.29. The predicted octanol–water partition coefficient (Wildman–Crippen LogP) is 3.80. The number of rotatable bonds is 4. The van der Waals surface area contributed by atoms with Crippen LogP contribution in [0, 0.1) is 0 Å². The van der Waals surface area contributed by atoms with Crippen molar-refractivity contribution >= 4 is 33.9 Å². The number of hydrogen-bond acceptors (Lipinski definition) is 3. The van der Waals surface area contributed by atoms with Gasteiger partial charge in [0.25, 0.3) is 5.91 Å². The number of carbonyl (C=O) groups is 2. The molecule has 1 amide bonds. The van der Waals surface area contributed by atoms with E-state index in [0.717, 1.165) is 29.3 Å².